The van der Waals surface area contributed by atoms with Crippen LogP contribution >= 0.6 is 0 Å². The molecule has 1 aliphatic carbocycles. The Morgan fingerprint density at radius 1 is 1.00 bits per heavy atom. The molecule has 0 aliphatic heterocycles. The first-order chi connectivity index (χ1) is 5.09. The van der Waals surface area contributed by atoms with Gasteiger partial charge in [0.1, 0.15) is 0 Å². The molecule has 66 valence electrons. The van der Waals surface area contributed by atoms with Crippen LogP contribution in [0, 0.1) is 5.41 Å². The monoisotopic (exact) mass is 200 g/mol. The van der Waals surface area contributed by atoms with Crippen LogP contribution in [0.15, 0.2) is 0 Å². The predicted molar refractivity (Wildman–Crippen MR) is 44.7 cm³/mol. The molecule has 0 amide bonds. The van der Waals surface area contributed by atoms with Gasteiger partial charge in [0.15, 0.2) is 5.41 Å². The van der Waals surface area contributed by atoms with Crippen molar-refractivity contribution in [2.45, 2.75) is 25.7 Å². The van der Waals surface area contributed by atoms with Gasteiger partial charge in [0, 0.05) is 0 Å². The van der Waals surface area contributed by atoms with Crippen LogP contribution in [0.5, 0.6) is 0 Å². The molecule has 0 spiro atoms. The fourth-order valence-electron chi connectivity index (χ4n) is 1.50. The van der Waals surface area contributed by atoms with Gasteiger partial charge in [-0.25, -0.2) is 0 Å². The van der Waals surface area contributed by atoms with Crippen LogP contribution in [0.3, 0.4) is 0 Å². The molecule has 0 atom stereocenters. The summed E-state index contributed by atoms with van der Waals surface area (Å²) in [6.07, 6.45) is 1.96. The second kappa shape index (κ2) is 4.44. The van der Waals surface area contributed by atoms with Crippen molar-refractivity contribution in [1.82, 2.24) is 0 Å². The molecule has 5 heteroatoms. The normalized spacial score (nSPS) is 19.7. The molecule has 0 unspecified atom stereocenters. The van der Waals surface area contributed by atoms with E-state index in [4.69, 9.17) is 10.2 Å². The van der Waals surface area contributed by atoms with Gasteiger partial charge in [0.25, 0.3) is 0 Å². The van der Waals surface area contributed by atoms with Crippen molar-refractivity contribution in [2.75, 3.05) is 0 Å². The SMILES string of the molecule is O=C(O)C1(C(=O)O)CCCC1.[CaH2]. The van der Waals surface area contributed by atoms with E-state index < -0.39 is 17.4 Å². The van der Waals surface area contributed by atoms with Crippen LogP contribution in [0.2, 0.25) is 0 Å². The Bertz CT molecular complexity index is 180. The molecule has 1 aliphatic rings. The number of carbonyl (C=O) groups is 2. The number of hydrogen-bond donors (Lipinski definition) is 2. The predicted octanol–water partition coefficient (Wildman–Crippen LogP) is -0.200. The summed E-state index contributed by atoms with van der Waals surface area (Å²) in [5.41, 5.74) is -1.47. The second-order valence-corrected chi connectivity index (χ2v) is 2.90. The zero-order valence-electron chi connectivity index (χ0n) is 6.04. The first-order valence-corrected chi connectivity index (χ1v) is 3.56. The van der Waals surface area contributed by atoms with Gasteiger partial charge in [-0.15, -0.1) is 0 Å². The Morgan fingerprint density at radius 2 is 1.33 bits per heavy atom. The summed E-state index contributed by atoms with van der Waals surface area (Å²) in [6.45, 7) is 0. The summed E-state index contributed by atoms with van der Waals surface area (Å²) in [5.74, 6) is -2.38. The molecule has 0 aromatic carbocycles. The van der Waals surface area contributed by atoms with Crippen LogP contribution in [-0.4, -0.2) is 59.9 Å². The van der Waals surface area contributed by atoms with Crippen molar-refractivity contribution >= 4 is 49.7 Å². The van der Waals surface area contributed by atoms with Crippen LogP contribution in [0.1, 0.15) is 25.7 Å². The summed E-state index contributed by atoms with van der Waals surface area (Å²) in [4.78, 5) is 21.2. The summed E-state index contributed by atoms with van der Waals surface area (Å²) < 4.78 is 0. The van der Waals surface area contributed by atoms with Crippen molar-refractivity contribution in [3.63, 3.8) is 0 Å². The van der Waals surface area contributed by atoms with Crippen molar-refractivity contribution in [3.8, 4) is 0 Å². The standard InChI is InChI=1S/C7H10O4.Ca.2H/c8-5(9)7(6(10)11)3-1-2-4-7;;;/h1-4H2,(H,8,9)(H,10,11);;;. The van der Waals surface area contributed by atoms with Gasteiger partial charge >= 0.3 is 49.7 Å². The van der Waals surface area contributed by atoms with Gasteiger partial charge in [0.2, 0.25) is 0 Å². The molecule has 0 radical (unpaired) electrons. The summed E-state index contributed by atoms with van der Waals surface area (Å²) in [6, 6.07) is 0. The first kappa shape index (κ1) is 12.2. The van der Waals surface area contributed by atoms with Gasteiger partial charge in [-0.1, -0.05) is 12.8 Å². The molecule has 1 saturated carbocycles. The third-order valence-electron chi connectivity index (χ3n) is 2.28. The van der Waals surface area contributed by atoms with Crippen LogP contribution in [0.4, 0.5) is 0 Å². The van der Waals surface area contributed by atoms with Gasteiger partial charge < -0.3 is 10.2 Å². The van der Waals surface area contributed by atoms with E-state index in [1.807, 2.05) is 0 Å². The van der Waals surface area contributed by atoms with Gasteiger partial charge in [0.05, 0.1) is 0 Å². The topological polar surface area (TPSA) is 74.6 Å². The van der Waals surface area contributed by atoms with E-state index >= 15 is 0 Å². The quantitative estimate of drug-likeness (QED) is 0.478. The Labute approximate surface area is 100.0 Å². The molecule has 2 N–H and O–H groups in total. The molecule has 0 aromatic heterocycles. The van der Waals surface area contributed by atoms with Crippen molar-refractivity contribution in [3.05, 3.63) is 0 Å². The van der Waals surface area contributed by atoms with E-state index in [0.29, 0.717) is 12.8 Å². The average Bonchev–Trinajstić information content (AvgIpc) is 2.34. The van der Waals surface area contributed by atoms with Gasteiger partial charge in [-0.3, -0.25) is 9.59 Å². The number of carboxylic acid groups (broad SMARTS) is 2. The number of aliphatic carboxylic acids is 2. The van der Waals surface area contributed by atoms with E-state index in [1.54, 1.807) is 0 Å². The van der Waals surface area contributed by atoms with Crippen LogP contribution in [0.25, 0.3) is 0 Å². The molecule has 0 saturated heterocycles. The van der Waals surface area contributed by atoms with E-state index in [0.717, 1.165) is 0 Å². The maximum absolute atomic E-state index is 10.6. The third kappa shape index (κ3) is 1.92. The molecule has 1 fully saturated rings. The van der Waals surface area contributed by atoms with Gasteiger partial charge in [-0.05, 0) is 12.8 Å². The zero-order chi connectivity index (χ0) is 8.48. The molecular formula is C7H12CaO4. The average molecular weight is 200 g/mol. The number of carboxylic acids is 2. The molecule has 4 nitrogen and oxygen atoms in total. The van der Waals surface area contributed by atoms with E-state index in [9.17, 15) is 9.59 Å². The molecule has 12 heavy (non-hydrogen) atoms. The zero-order valence-corrected chi connectivity index (χ0v) is 6.04. The molecule has 1 rings (SSSR count). The molecule has 0 aromatic rings. The van der Waals surface area contributed by atoms with E-state index in [-0.39, 0.29) is 50.6 Å². The Hall–Kier alpha value is 0.200. The van der Waals surface area contributed by atoms with Crippen molar-refractivity contribution in [1.29, 1.82) is 0 Å². The third-order valence-corrected chi connectivity index (χ3v) is 2.28. The Balaban J connectivity index is 0.00000121. The molecular weight excluding hydrogens is 188 g/mol. The summed E-state index contributed by atoms with van der Waals surface area (Å²) in [5, 5.41) is 17.3. The second-order valence-electron chi connectivity index (χ2n) is 2.90. The Morgan fingerprint density at radius 3 is 1.50 bits per heavy atom. The molecule has 0 bridgehead atoms. The van der Waals surface area contributed by atoms with Crippen molar-refractivity contribution < 1.29 is 19.8 Å². The Kier molecular flexibility index (Phi) is 4.51. The summed E-state index contributed by atoms with van der Waals surface area (Å²) in [7, 11) is 0. The number of rotatable bonds is 2. The van der Waals surface area contributed by atoms with Crippen molar-refractivity contribution in [2.24, 2.45) is 5.41 Å². The maximum atomic E-state index is 10.6. The van der Waals surface area contributed by atoms with Crippen LogP contribution < -0.4 is 0 Å². The minimum absolute atomic E-state index is 0. The van der Waals surface area contributed by atoms with Crippen LogP contribution in [-0.2, 0) is 9.59 Å². The summed E-state index contributed by atoms with van der Waals surface area (Å²) >= 11 is 0. The first-order valence-electron chi connectivity index (χ1n) is 3.56. The fourth-order valence-corrected chi connectivity index (χ4v) is 1.50. The number of hydrogen-bond acceptors (Lipinski definition) is 2. The van der Waals surface area contributed by atoms with E-state index in [1.165, 1.54) is 0 Å². The minimum atomic E-state index is -1.47. The molecule has 0 heterocycles. The fraction of sp³-hybridized carbons (Fsp3) is 0.714. The van der Waals surface area contributed by atoms with Gasteiger partial charge in [-0.2, -0.15) is 0 Å². The van der Waals surface area contributed by atoms with E-state index in [2.05, 4.69) is 0 Å².